The second kappa shape index (κ2) is 4.89. The van der Waals surface area contributed by atoms with E-state index in [0.29, 0.717) is 21.4 Å². The van der Waals surface area contributed by atoms with Crippen molar-refractivity contribution < 1.29 is 9.59 Å². The van der Waals surface area contributed by atoms with E-state index in [1.54, 1.807) is 36.5 Å². The summed E-state index contributed by atoms with van der Waals surface area (Å²) in [4.78, 5) is 29.2. The highest BCUT2D eigenvalue weighted by Crippen LogP contribution is 2.32. The molecule has 0 saturated carbocycles. The lowest BCUT2D eigenvalue weighted by Crippen LogP contribution is -2.29. The summed E-state index contributed by atoms with van der Waals surface area (Å²) in [5.74, 6) is -1.08. The van der Waals surface area contributed by atoms with Crippen LogP contribution in [0.25, 0.3) is 0 Å². The van der Waals surface area contributed by atoms with Gasteiger partial charge in [0.25, 0.3) is 11.7 Å². The molecule has 100 valence electrons. The fourth-order valence-corrected chi connectivity index (χ4v) is 2.51. The van der Waals surface area contributed by atoms with E-state index >= 15 is 0 Å². The number of aromatic nitrogens is 1. The maximum Gasteiger partial charge on any atom is 0.299 e. The third-order valence-corrected chi connectivity index (χ3v) is 3.51. The lowest BCUT2D eigenvalue weighted by molar-refractivity contribution is -0.114. The zero-order valence-corrected chi connectivity index (χ0v) is 11.6. The number of nitrogens with zero attached hydrogens (tertiary/aromatic N) is 2. The molecule has 1 aliphatic heterocycles. The van der Waals surface area contributed by atoms with Gasteiger partial charge >= 0.3 is 0 Å². The van der Waals surface area contributed by atoms with Crippen LogP contribution in [0.5, 0.6) is 0 Å². The number of Topliss-reactive ketones (excluding diaryl/α,β-unsaturated/α-hetero) is 1. The van der Waals surface area contributed by atoms with Gasteiger partial charge in [-0.1, -0.05) is 23.2 Å². The highest BCUT2D eigenvalue weighted by molar-refractivity contribution is 6.52. The molecular weight excluding hydrogens is 299 g/mol. The highest BCUT2D eigenvalue weighted by atomic mass is 35.5. The molecule has 0 radical (unpaired) electrons. The second-order valence-corrected chi connectivity index (χ2v) is 5.19. The first-order chi connectivity index (χ1) is 9.56. The van der Waals surface area contributed by atoms with Crippen LogP contribution in [0.1, 0.15) is 15.9 Å². The summed E-state index contributed by atoms with van der Waals surface area (Å²) >= 11 is 11.8. The lowest BCUT2D eigenvalue weighted by atomic mass is 10.1. The van der Waals surface area contributed by atoms with Crippen molar-refractivity contribution in [2.45, 2.75) is 6.54 Å². The highest BCUT2D eigenvalue weighted by Gasteiger charge is 2.35. The normalized spacial score (nSPS) is 13.8. The standard InChI is InChI=1S/C14H8Cl2N2O2/c15-9-1-2-10-11(6-9)18(14(20)13(10)19)7-8-3-4-17-12(16)5-8/h1-6H,7H2. The van der Waals surface area contributed by atoms with Crippen molar-refractivity contribution in [2.24, 2.45) is 0 Å². The van der Waals surface area contributed by atoms with Crippen LogP contribution in [0, 0.1) is 0 Å². The van der Waals surface area contributed by atoms with E-state index in [-0.39, 0.29) is 6.54 Å². The number of hydrogen-bond acceptors (Lipinski definition) is 3. The van der Waals surface area contributed by atoms with Gasteiger partial charge in [0, 0.05) is 11.2 Å². The van der Waals surface area contributed by atoms with Gasteiger partial charge in [-0.15, -0.1) is 0 Å². The molecule has 3 rings (SSSR count). The number of ketones is 1. The topological polar surface area (TPSA) is 50.3 Å². The fraction of sp³-hybridized carbons (Fsp3) is 0.0714. The summed E-state index contributed by atoms with van der Waals surface area (Å²) in [7, 11) is 0. The molecule has 0 saturated heterocycles. The van der Waals surface area contributed by atoms with Gasteiger partial charge < -0.3 is 4.90 Å². The van der Waals surface area contributed by atoms with Crippen molar-refractivity contribution in [1.29, 1.82) is 0 Å². The Morgan fingerprint density at radius 3 is 2.65 bits per heavy atom. The fourth-order valence-electron chi connectivity index (χ4n) is 2.15. The molecular formula is C14H8Cl2N2O2. The number of carbonyl (C=O) groups excluding carboxylic acids is 2. The Bertz CT molecular complexity index is 731. The van der Waals surface area contributed by atoms with E-state index in [1.807, 2.05) is 0 Å². The summed E-state index contributed by atoms with van der Waals surface area (Å²) in [6.45, 7) is 0.250. The first kappa shape index (κ1) is 13.1. The Labute approximate surface area is 124 Å². The molecule has 0 fully saturated rings. The third-order valence-electron chi connectivity index (χ3n) is 3.07. The smallest absolute Gasteiger partial charge is 0.299 e. The Hall–Kier alpha value is -1.91. The first-order valence-electron chi connectivity index (χ1n) is 5.82. The minimum absolute atomic E-state index is 0.250. The molecule has 0 spiro atoms. The third kappa shape index (κ3) is 2.17. The molecule has 0 aliphatic carbocycles. The number of pyridine rings is 1. The predicted octanol–water partition coefficient (Wildman–Crippen LogP) is 3.12. The van der Waals surface area contributed by atoms with Gasteiger partial charge in [0.2, 0.25) is 0 Å². The minimum Gasteiger partial charge on any atom is -0.300 e. The van der Waals surface area contributed by atoms with Crippen molar-refractivity contribution in [3.8, 4) is 0 Å². The van der Waals surface area contributed by atoms with E-state index in [9.17, 15) is 9.59 Å². The molecule has 6 heteroatoms. The number of anilines is 1. The zero-order chi connectivity index (χ0) is 14.3. The molecule has 2 heterocycles. The van der Waals surface area contributed by atoms with Crippen LogP contribution in [0.4, 0.5) is 5.69 Å². The Morgan fingerprint density at radius 2 is 1.90 bits per heavy atom. The Kier molecular flexibility index (Phi) is 3.20. The quantitative estimate of drug-likeness (QED) is 0.633. The number of rotatable bonds is 2. The molecule has 0 N–H and O–H groups in total. The van der Waals surface area contributed by atoms with E-state index in [4.69, 9.17) is 23.2 Å². The van der Waals surface area contributed by atoms with Crippen molar-refractivity contribution in [2.75, 3.05) is 4.90 Å². The van der Waals surface area contributed by atoms with E-state index in [0.717, 1.165) is 5.56 Å². The summed E-state index contributed by atoms with van der Waals surface area (Å²) in [5, 5.41) is 0.816. The molecule has 0 bridgehead atoms. The van der Waals surface area contributed by atoms with Gasteiger partial charge in [0.05, 0.1) is 17.8 Å². The van der Waals surface area contributed by atoms with Gasteiger partial charge in [-0.3, -0.25) is 9.59 Å². The molecule has 1 aromatic carbocycles. The summed E-state index contributed by atoms with van der Waals surface area (Å²) in [5.41, 5.74) is 1.69. The molecule has 1 amide bonds. The number of carbonyl (C=O) groups is 2. The van der Waals surface area contributed by atoms with Crippen LogP contribution in [0.2, 0.25) is 10.2 Å². The van der Waals surface area contributed by atoms with Crippen molar-refractivity contribution >= 4 is 40.6 Å². The monoisotopic (exact) mass is 306 g/mol. The van der Waals surface area contributed by atoms with Crippen molar-refractivity contribution in [1.82, 2.24) is 4.98 Å². The van der Waals surface area contributed by atoms with Gasteiger partial charge in [-0.05, 0) is 35.9 Å². The van der Waals surface area contributed by atoms with Crippen LogP contribution in [0.3, 0.4) is 0 Å². The van der Waals surface area contributed by atoms with Crippen LogP contribution in [0.15, 0.2) is 36.5 Å². The molecule has 20 heavy (non-hydrogen) atoms. The maximum atomic E-state index is 12.0. The van der Waals surface area contributed by atoms with Crippen molar-refractivity contribution in [3.63, 3.8) is 0 Å². The average molecular weight is 307 g/mol. The summed E-state index contributed by atoms with van der Waals surface area (Å²) in [6.07, 6.45) is 1.55. The van der Waals surface area contributed by atoms with Crippen LogP contribution >= 0.6 is 23.2 Å². The van der Waals surface area contributed by atoms with Crippen LogP contribution < -0.4 is 4.90 Å². The van der Waals surface area contributed by atoms with Crippen LogP contribution in [-0.2, 0) is 11.3 Å². The van der Waals surface area contributed by atoms with E-state index in [1.165, 1.54) is 4.90 Å². The largest absolute Gasteiger partial charge is 0.300 e. The van der Waals surface area contributed by atoms with Crippen molar-refractivity contribution in [3.05, 3.63) is 57.8 Å². The molecule has 4 nitrogen and oxygen atoms in total. The number of hydrogen-bond donors (Lipinski definition) is 0. The molecule has 0 unspecified atom stereocenters. The van der Waals surface area contributed by atoms with Gasteiger partial charge in [-0.25, -0.2) is 4.98 Å². The van der Waals surface area contributed by atoms with E-state index in [2.05, 4.69) is 4.98 Å². The molecule has 1 aliphatic rings. The van der Waals surface area contributed by atoms with Crippen LogP contribution in [-0.4, -0.2) is 16.7 Å². The Balaban J connectivity index is 2.01. The zero-order valence-electron chi connectivity index (χ0n) is 10.1. The number of halogens is 2. The predicted molar refractivity (Wildman–Crippen MR) is 76.2 cm³/mol. The van der Waals surface area contributed by atoms with E-state index < -0.39 is 11.7 Å². The number of amides is 1. The number of fused-ring (bicyclic) bond motifs is 1. The maximum absolute atomic E-state index is 12.0. The molecule has 0 atom stereocenters. The summed E-state index contributed by atoms with van der Waals surface area (Å²) in [6, 6.07) is 8.17. The average Bonchev–Trinajstić information content (AvgIpc) is 2.64. The molecule has 1 aromatic heterocycles. The Morgan fingerprint density at radius 1 is 1.10 bits per heavy atom. The van der Waals surface area contributed by atoms with Gasteiger partial charge in [0.1, 0.15) is 5.15 Å². The van der Waals surface area contributed by atoms with Gasteiger partial charge in [-0.2, -0.15) is 0 Å². The lowest BCUT2D eigenvalue weighted by Gasteiger charge is -2.16. The van der Waals surface area contributed by atoms with Gasteiger partial charge in [0.15, 0.2) is 0 Å². The SMILES string of the molecule is O=C1C(=O)N(Cc2ccnc(Cl)c2)c2cc(Cl)ccc21. The number of benzene rings is 1. The second-order valence-electron chi connectivity index (χ2n) is 4.37. The first-order valence-corrected chi connectivity index (χ1v) is 6.58. The summed E-state index contributed by atoms with van der Waals surface area (Å²) < 4.78 is 0. The minimum atomic E-state index is -0.560. The molecule has 2 aromatic rings.